The standard InChI is InChI=1S/C23H19N5O3S/c1-14-11-18-22(19(12-14)28-26-15-7-3-4-8-16(15)27-28)31-23(25-18)32-13-21(29)24-17-9-5-6-10-20(17)30-2/h3-12H,13H2,1-2H3,(H,24,29). The fourth-order valence-electron chi connectivity index (χ4n) is 3.37. The zero-order valence-electron chi connectivity index (χ0n) is 17.4. The van der Waals surface area contributed by atoms with E-state index in [1.165, 1.54) is 11.8 Å². The van der Waals surface area contributed by atoms with E-state index < -0.39 is 0 Å². The van der Waals surface area contributed by atoms with E-state index in [9.17, 15) is 4.79 Å². The van der Waals surface area contributed by atoms with Crippen molar-refractivity contribution < 1.29 is 13.9 Å². The summed E-state index contributed by atoms with van der Waals surface area (Å²) in [6, 6.07) is 18.8. The Morgan fingerprint density at radius 2 is 1.78 bits per heavy atom. The molecular formula is C23H19N5O3S. The quantitative estimate of drug-likeness (QED) is 0.381. The summed E-state index contributed by atoms with van der Waals surface area (Å²) in [6.45, 7) is 1.98. The van der Waals surface area contributed by atoms with Gasteiger partial charge < -0.3 is 14.5 Å². The van der Waals surface area contributed by atoms with Gasteiger partial charge in [-0.1, -0.05) is 36.0 Å². The second-order valence-electron chi connectivity index (χ2n) is 7.13. The normalized spacial score (nSPS) is 11.2. The minimum absolute atomic E-state index is 0.142. The second kappa shape index (κ2) is 8.35. The lowest BCUT2D eigenvalue weighted by Crippen LogP contribution is -2.14. The highest BCUT2D eigenvalue weighted by molar-refractivity contribution is 7.99. The summed E-state index contributed by atoms with van der Waals surface area (Å²) in [6.07, 6.45) is 0. The number of aromatic nitrogens is 4. The van der Waals surface area contributed by atoms with E-state index in [2.05, 4.69) is 20.5 Å². The molecule has 2 heterocycles. The number of methoxy groups -OCH3 is 1. The van der Waals surface area contributed by atoms with E-state index >= 15 is 0 Å². The van der Waals surface area contributed by atoms with Crippen molar-refractivity contribution in [1.29, 1.82) is 0 Å². The van der Waals surface area contributed by atoms with Crippen LogP contribution in [0.3, 0.4) is 0 Å². The Hall–Kier alpha value is -3.85. The van der Waals surface area contributed by atoms with Crippen LogP contribution in [-0.2, 0) is 4.79 Å². The Bertz CT molecular complexity index is 1410. The summed E-state index contributed by atoms with van der Waals surface area (Å²) in [4.78, 5) is 18.5. The van der Waals surface area contributed by atoms with Crippen LogP contribution in [0.25, 0.3) is 27.8 Å². The van der Waals surface area contributed by atoms with Gasteiger partial charge in [0.05, 0.1) is 18.6 Å². The van der Waals surface area contributed by atoms with Gasteiger partial charge in [0.15, 0.2) is 5.58 Å². The number of rotatable bonds is 6. The van der Waals surface area contributed by atoms with Crippen LogP contribution in [0.4, 0.5) is 5.69 Å². The van der Waals surface area contributed by atoms with Crippen LogP contribution in [0.2, 0.25) is 0 Å². The fourth-order valence-corrected chi connectivity index (χ4v) is 4.00. The fraction of sp³-hybridized carbons (Fsp3) is 0.130. The highest BCUT2D eigenvalue weighted by Gasteiger charge is 2.17. The van der Waals surface area contributed by atoms with Crippen molar-refractivity contribution in [2.24, 2.45) is 0 Å². The number of ether oxygens (including phenoxy) is 1. The molecule has 160 valence electrons. The van der Waals surface area contributed by atoms with E-state index in [1.54, 1.807) is 24.0 Å². The van der Waals surface area contributed by atoms with Crippen molar-refractivity contribution in [3.8, 4) is 11.4 Å². The Morgan fingerprint density at radius 1 is 1.06 bits per heavy atom. The number of anilines is 1. The van der Waals surface area contributed by atoms with E-state index in [4.69, 9.17) is 9.15 Å². The second-order valence-corrected chi connectivity index (χ2v) is 8.05. The molecule has 0 aliphatic heterocycles. The third-order valence-electron chi connectivity index (χ3n) is 4.81. The molecule has 2 aromatic heterocycles. The van der Waals surface area contributed by atoms with Crippen molar-refractivity contribution in [2.45, 2.75) is 12.1 Å². The number of aryl methyl sites for hydroxylation is 1. The minimum Gasteiger partial charge on any atom is -0.495 e. The summed E-state index contributed by atoms with van der Waals surface area (Å²) in [7, 11) is 1.56. The maximum Gasteiger partial charge on any atom is 0.257 e. The van der Waals surface area contributed by atoms with E-state index in [-0.39, 0.29) is 11.7 Å². The monoisotopic (exact) mass is 445 g/mol. The van der Waals surface area contributed by atoms with Gasteiger partial charge in [-0.3, -0.25) is 4.79 Å². The molecule has 0 atom stereocenters. The summed E-state index contributed by atoms with van der Waals surface area (Å²) in [5.74, 6) is 0.563. The molecule has 0 saturated carbocycles. The number of fused-ring (bicyclic) bond motifs is 2. The molecule has 32 heavy (non-hydrogen) atoms. The van der Waals surface area contributed by atoms with Gasteiger partial charge in [-0.15, -0.1) is 15.0 Å². The largest absolute Gasteiger partial charge is 0.495 e. The minimum atomic E-state index is -0.182. The van der Waals surface area contributed by atoms with Crippen LogP contribution in [0.15, 0.2) is 70.3 Å². The van der Waals surface area contributed by atoms with Crippen molar-refractivity contribution in [3.05, 3.63) is 66.2 Å². The van der Waals surface area contributed by atoms with Crippen LogP contribution in [0.1, 0.15) is 5.56 Å². The number of oxazole rings is 1. The number of thioether (sulfide) groups is 1. The molecule has 0 aliphatic carbocycles. The Kier molecular flexibility index (Phi) is 5.24. The lowest BCUT2D eigenvalue weighted by molar-refractivity contribution is -0.113. The molecule has 0 bridgehead atoms. The molecule has 0 radical (unpaired) electrons. The van der Waals surface area contributed by atoms with Crippen LogP contribution in [-0.4, -0.2) is 38.7 Å². The van der Waals surface area contributed by atoms with E-state index in [0.717, 1.165) is 16.6 Å². The molecule has 1 amide bonds. The Labute approximate surface area is 187 Å². The molecule has 0 unspecified atom stereocenters. The number of benzene rings is 3. The van der Waals surface area contributed by atoms with Gasteiger partial charge in [0.2, 0.25) is 5.91 Å². The van der Waals surface area contributed by atoms with Gasteiger partial charge in [-0.2, -0.15) is 0 Å². The summed E-state index contributed by atoms with van der Waals surface area (Å²) in [5, 5.41) is 12.4. The third-order valence-corrected chi connectivity index (χ3v) is 5.63. The Morgan fingerprint density at radius 3 is 2.53 bits per heavy atom. The summed E-state index contributed by atoms with van der Waals surface area (Å²) in [5.41, 5.74) is 5.18. The maximum atomic E-state index is 12.4. The highest BCUT2D eigenvalue weighted by atomic mass is 32.2. The SMILES string of the molecule is COc1ccccc1NC(=O)CSc1nc2cc(C)cc(-n3nc4ccccc4n3)c2o1. The van der Waals surface area contributed by atoms with Crippen molar-refractivity contribution in [1.82, 2.24) is 20.0 Å². The van der Waals surface area contributed by atoms with Crippen molar-refractivity contribution in [3.63, 3.8) is 0 Å². The van der Waals surface area contributed by atoms with Gasteiger partial charge in [-0.05, 0) is 48.9 Å². The van der Waals surface area contributed by atoms with Gasteiger partial charge in [0.25, 0.3) is 5.22 Å². The van der Waals surface area contributed by atoms with Crippen LogP contribution in [0.5, 0.6) is 5.75 Å². The summed E-state index contributed by atoms with van der Waals surface area (Å²) < 4.78 is 11.3. The first-order valence-corrected chi connectivity index (χ1v) is 10.9. The topological polar surface area (TPSA) is 95.1 Å². The van der Waals surface area contributed by atoms with Crippen molar-refractivity contribution >= 4 is 45.5 Å². The van der Waals surface area contributed by atoms with E-state index in [0.29, 0.717) is 33.4 Å². The van der Waals surface area contributed by atoms with E-state index in [1.807, 2.05) is 55.5 Å². The average molecular weight is 446 g/mol. The number of hydrogen-bond acceptors (Lipinski definition) is 7. The number of para-hydroxylation sites is 2. The molecule has 0 spiro atoms. The number of nitrogens with one attached hydrogen (secondary N) is 1. The number of nitrogens with zero attached hydrogens (tertiary/aromatic N) is 4. The van der Waals surface area contributed by atoms with Gasteiger partial charge in [0, 0.05) is 0 Å². The highest BCUT2D eigenvalue weighted by Crippen LogP contribution is 2.30. The van der Waals surface area contributed by atoms with Gasteiger partial charge >= 0.3 is 0 Å². The first-order chi connectivity index (χ1) is 15.6. The van der Waals surface area contributed by atoms with Crippen LogP contribution >= 0.6 is 11.8 Å². The van der Waals surface area contributed by atoms with Gasteiger partial charge in [-0.25, -0.2) is 4.98 Å². The first-order valence-electron chi connectivity index (χ1n) is 9.90. The molecule has 5 rings (SSSR count). The molecule has 3 aromatic carbocycles. The third kappa shape index (κ3) is 3.90. The molecule has 9 heteroatoms. The number of carbonyl (C=O) groups is 1. The smallest absolute Gasteiger partial charge is 0.257 e. The van der Waals surface area contributed by atoms with Crippen LogP contribution < -0.4 is 10.1 Å². The number of amides is 1. The van der Waals surface area contributed by atoms with Crippen molar-refractivity contribution in [2.75, 3.05) is 18.2 Å². The Balaban J connectivity index is 1.39. The zero-order valence-corrected chi connectivity index (χ0v) is 18.2. The average Bonchev–Trinajstić information content (AvgIpc) is 3.41. The number of carbonyl (C=O) groups excluding carboxylic acids is 1. The summed E-state index contributed by atoms with van der Waals surface area (Å²) >= 11 is 1.22. The lowest BCUT2D eigenvalue weighted by Gasteiger charge is -2.08. The zero-order chi connectivity index (χ0) is 22.1. The number of hydrogen-bond donors (Lipinski definition) is 1. The predicted molar refractivity (Wildman–Crippen MR) is 124 cm³/mol. The molecule has 1 N–H and O–H groups in total. The molecule has 0 saturated heterocycles. The first kappa shape index (κ1) is 20.1. The molecular weight excluding hydrogens is 426 g/mol. The maximum absolute atomic E-state index is 12.4. The van der Waals surface area contributed by atoms with Crippen LogP contribution in [0, 0.1) is 6.92 Å². The van der Waals surface area contributed by atoms with Gasteiger partial charge in [0.1, 0.15) is 28.0 Å². The lowest BCUT2D eigenvalue weighted by atomic mass is 10.2. The molecule has 8 nitrogen and oxygen atoms in total. The molecule has 0 aliphatic rings. The molecule has 5 aromatic rings. The predicted octanol–water partition coefficient (Wildman–Crippen LogP) is 4.61. The molecule has 0 fully saturated rings.